The predicted molar refractivity (Wildman–Crippen MR) is 68.6 cm³/mol. The number of aromatic hydroxyl groups is 1. The summed E-state index contributed by atoms with van der Waals surface area (Å²) in [4.78, 5) is 12.1. The van der Waals surface area contributed by atoms with Crippen molar-refractivity contribution in [3.05, 3.63) is 41.7 Å². The molecule has 2 aromatic rings. The van der Waals surface area contributed by atoms with Crippen LogP contribution in [0.1, 0.15) is 23.0 Å². The van der Waals surface area contributed by atoms with Gasteiger partial charge in [-0.25, -0.2) is 0 Å². The Balaban J connectivity index is 2.19. The molecule has 0 saturated heterocycles. The second kappa shape index (κ2) is 4.91. The van der Waals surface area contributed by atoms with Gasteiger partial charge in [0.2, 0.25) is 0 Å². The van der Waals surface area contributed by atoms with Crippen LogP contribution in [0.3, 0.4) is 0 Å². The number of nitrogens with zero attached hydrogens (tertiary/aromatic N) is 2. The summed E-state index contributed by atoms with van der Waals surface area (Å²) >= 11 is 0. The number of benzene rings is 1. The first-order valence-electron chi connectivity index (χ1n) is 5.73. The number of aromatic nitrogens is 2. The third-order valence-corrected chi connectivity index (χ3v) is 2.61. The van der Waals surface area contributed by atoms with Gasteiger partial charge in [-0.3, -0.25) is 9.48 Å². The fourth-order valence-corrected chi connectivity index (χ4v) is 1.73. The van der Waals surface area contributed by atoms with Gasteiger partial charge in [0.15, 0.2) is 0 Å². The van der Waals surface area contributed by atoms with Crippen molar-refractivity contribution in [2.24, 2.45) is 7.05 Å². The highest BCUT2D eigenvalue weighted by atomic mass is 16.3. The molecular weight excluding hydrogens is 230 g/mol. The van der Waals surface area contributed by atoms with Crippen LogP contribution in [0.25, 0.3) is 0 Å². The molecule has 0 radical (unpaired) electrons. The number of hydrogen-bond donors (Lipinski definition) is 2. The number of carbonyl (C=O) groups excluding carboxylic acids is 1. The highest BCUT2D eigenvalue weighted by molar-refractivity contribution is 6.04. The number of anilines is 1. The zero-order valence-electron chi connectivity index (χ0n) is 10.3. The van der Waals surface area contributed by atoms with Gasteiger partial charge in [0, 0.05) is 18.9 Å². The summed E-state index contributed by atoms with van der Waals surface area (Å²) in [6.07, 6.45) is 2.41. The van der Waals surface area contributed by atoms with Crippen LogP contribution < -0.4 is 5.32 Å². The third-order valence-electron chi connectivity index (χ3n) is 2.61. The number of rotatable bonds is 3. The number of nitrogens with one attached hydrogen (secondary N) is 1. The van der Waals surface area contributed by atoms with Gasteiger partial charge < -0.3 is 10.4 Å². The molecule has 0 unspecified atom stereocenters. The van der Waals surface area contributed by atoms with Crippen molar-refractivity contribution in [3.63, 3.8) is 0 Å². The van der Waals surface area contributed by atoms with E-state index in [1.54, 1.807) is 30.1 Å². The van der Waals surface area contributed by atoms with Crippen LogP contribution in [0.15, 0.2) is 30.5 Å². The largest absolute Gasteiger partial charge is 0.508 e. The number of amides is 1. The van der Waals surface area contributed by atoms with Gasteiger partial charge in [-0.15, -0.1) is 0 Å². The smallest absolute Gasteiger partial charge is 0.259 e. The Labute approximate surface area is 105 Å². The van der Waals surface area contributed by atoms with Crippen LogP contribution in [0.5, 0.6) is 5.75 Å². The minimum Gasteiger partial charge on any atom is -0.508 e. The molecule has 1 amide bonds. The Morgan fingerprint density at radius 1 is 1.39 bits per heavy atom. The molecule has 2 N–H and O–H groups in total. The molecule has 18 heavy (non-hydrogen) atoms. The van der Waals surface area contributed by atoms with Crippen molar-refractivity contribution in [3.8, 4) is 5.75 Å². The Morgan fingerprint density at radius 3 is 2.67 bits per heavy atom. The average molecular weight is 245 g/mol. The van der Waals surface area contributed by atoms with E-state index in [1.165, 1.54) is 12.1 Å². The van der Waals surface area contributed by atoms with E-state index in [0.29, 0.717) is 17.7 Å². The van der Waals surface area contributed by atoms with Crippen molar-refractivity contribution < 1.29 is 9.90 Å². The fraction of sp³-hybridized carbons (Fsp3) is 0.231. The zero-order valence-corrected chi connectivity index (χ0v) is 10.3. The Kier molecular flexibility index (Phi) is 3.32. The SMILES string of the molecule is CCc1nn(C)cc1C(=O)Nc1ccc(O)cc1. The minimum absolute atomic E-state index is 0.170. The molecule has 0 aliphatic carbocycles. The van der Waals surface area contributed by atoms with E-state index >= 15 is 0 Å². The highest BCUT2D eigenvalue weighted by Gasteiger charge is 2.14. The van der Waals surface area contributed by atoms with Gasteiger partial charge in [0.1, 0.15) is 5.75 Å². The summed E-state index contributed by atoms with van der Waals surface area (Å²) in [5.41, 5.74) is 1.99. The fourth-order valence-electron chi connectivity index (χ4n) is 1.73. The molecule has 5 nitrogen and oxygen atoms in total. The summed E-state index contributed by atoms with van der Waals surface area (Å²) in [6, 6.07) is 6.35. The highest BCUT2D eigenvalue weighted by Crippen LogP contribution is 2.16. The van der Waals surface area contributed by atoms with Gasteiger partial charge in [0.25, 0.3) is 5.91 Å². The number of hydrogen-bond acceptors (Lipinski definition) is 3. The maximum absolute atomic E-state index is 12.1. The van der Waals surface area contributed by atoms with Crippen LogP contribution in [0, 0.1) is 0 Å². The molecule has 1 heterocycles. The molecule has 0 aliphatic heterocycles. The van der Waals surface area contributed by atoms with Gasteiger partial charge >= 0.3 is 0 Å². The molecule has 0 fully saturated rings. The topological polar surface area (TPSA) is 67.2 Å². The molecule has 94 valence electrons. The van der Waals surface area contributed by atoms with Crippen LogP contribution in [0.2, 0.25) is 0 Å². The lowest BCUT2D eigenvalue weighted by molar-refractivity contribution is 0.102. The first-order chi connectivity index (χ1) is 8.60. The average Bonchev–Trinajstić information content (AvgIpc) is 2.73. The molecule has 2 rings (SSSR count). The Morgan fingerprint density at radius 2 is 2.06 bits per heavy atom. The van der Waals surface area contributed by atoms with Crippen molar-refractivity contribution in [1.82, 2.24) is 9.78 Å². The zero-order chi connectivity index (χ0) is 13.1. The summed E-state index contributed by atoms with van der Waals surface area (Å²) in [5.74, 6) is -0.0192. The van der Waals surface area contributed by atoms with Crippen LogP contribution in [-0.4, -0.2) is 20.8 Å². The molecular formula is C13H15N3O2. The van der Waals surface area contributed by atoms with Crippen molar-refractivity contribution in [2.75, 3.05) is 5.32 Å². The van der Waals surface area contributed by atoms with Crippen molar-refractivity contribution >= 4 is 11.6 Å². The standard InChI is InChI=1S/C13H15N3O2/c1-3-12-11(8-16(2)15-12)13(18)14-9-4-6-10(17)7-5-9/h4-8,17H,3H2,1-2H3,(H,14,18). The molecule has 1 aromatic carbocycles. The van der Waals surface area contributed by atoms with E-state index in [-0.39, 0.29) is 11.7 Å². The van der Waals surface area contributed by atoms with Crippen LogP contribution >= 0.6 is 0 Å². The van der Waals surface area contributed by atoms with Crippen molar-refractivity contribution in [2.45, 2.75) is 13.3 Å². The minimum atomic E-state index is -0.189. The molecule has 5 heteroatoms. The predicted octanol–water partition coefficient (Wildman–Crippen LogP) is 1.94. The van der Waals surface area contributed by atoms with E-state index in [1.807, 2.05) is 6.92 Å². The first-order valence-corrected chi connectivity index (χ1v) is 5.73. The number of aryl methyl sites for hydroxylation is 2. The molecule has 0 spiro atoms. The second-order valence-electron chi connectivity index (χ2n) is 4.02. The van der Waals surface area contributed by atoms with Crippen LogP contribution in [-0.2, 0) is 13.5 Å². The lowest BCUT2D eigenvalue weighted by Gasteiger charge is -2.04. The molecule has 0 aliphatic rings. The molecule has 1 aromatic heterocycles. The third kappa shape index (κ3) is 2.51. The van der Waals surface area contributed by atoms with Crippen LogP contribution in [0.4, 0.5) is 5.69 Å². The van der Waals surface area contributed by atoms with Gasteiger partial charge in [0.05, 0.1) is 11.3 Å². The van der Waals surface area contributed by atoms with Gasteiger partial charge in [-0.1, -0.05) is 6.92 Å². The first kappa shape index (κ1) is 12.2. The lowest BCUT2D eigenvalue weighted by atomic mass is 10.2. The number of carbonyl (C=O) groups is 1. The number of phenols is 1. The maximum Gasteiger partial charge on any atom is 0.259 e. The Hall–Kier alpha value is -2.30. The molecule has 0 atom stereocenters. The monoisotopic (exact) mass is 245 g/mol. The van der Waals surface area contributed by atoms with E-state index in [4.69, 9.17) is 5.11 Å². The Bertz CT molecular complexity index is 558. The second-order valence-corrected chi connectivity index (χ2v) is 4.02. The van der Waals surface area contributed by atoms with E-state index in [9.17, 15) is 4.79 Å². The van der Waals surface area contributed by atoms with E-state index < -0.39 is 0 Å². The molecule has 0 saturated carbocycles. The van der Waals surface area contributed by atoms with Gasteiger partial charge in [-0.2, -0.15) is 5.10 Å². The quantitative estimate of drug-likeness (QED) is 0.812. The lowest BCUT2D eigenvalue weighted by Crippen LogP contribution is -2.12. The summed E-state index contributed by atoms with van der Waals surface area (Å²) in [5, 5.41) is 16.2. The summed E-state index contributed by atoms with van der Waals surface area (Å²) < 4.78 is 1.63. The van der Waals surface area contributed by atoms with Gasteiger partial charge in [-0.05, 0) is 30.7 Å². The normalized spacial score (nSPS) is 10.3. The maximum atomic E-state index is 12.1. The number of phenolic OH excluding ortho intramolecular Hbond substituents is 1. The summed E-state index contributed by atoms with van der Waals surface area (Å²) in [7, 11) is 1.79. The van der Waals surface area contributed by atoms with E-state index in [0.717, 1.165) is 5.69 Å². The van der Waals surface area contributed by atoms with E-state index in [2.05, 4.69) is 10.4 Å². The molecule has 0 bridgehead atoms. The van der Waals surface area contributed by atoms with Crippen molar-refractivity contribution in [1.29, 1.82) is 0 Å². The summed E-state index contributed by atoms with van der Waals surface area (Å²) in [6.45, 7) is 1.96.